The largest absolute Gasteiger partial charge is 0.488 e. The van der Waals surface area contributed by atoms with Crippen LogP contribution in [0.4, 0.5) is 19.2 Å². The topological polar surface area (TPSA) is 373 Å². The molecule has 0 spiro atoms. The lowest BCUT2D eigenvalue weighted by atomic mass is 10.00. The van der Waals surface area contributed by atoms with Crippen LogP contribution in [0.2, 0.25) is 0 Å². The second kappa shape index (κ2) is 35.4. The number of imide groups is 1. The lowest BCUT2D eigenvalue weighted by Gasteiger charge is -2.30. The number of rotatable bonds is 26. The van der Waals surface area contributed by atoms with Crippen molar-refractivity contribution in [3.63, 3.8) is 0 Å². The van der Waals surface area contributed by atoms with Gasteiger partial charge in [-0.25, -0.2) is 38.4 Å². The second-order valence-corrected chi connectivity index (χ2v) is 33.7. The van der Waals surface area contributed by atoms with Crippen LogP contribution in [-0.2, 0) is 92.5 Å². The molecule has 6 aromatic rings. The Balaban J connectivity index is 1.34. The number of para-hydroxylation sites is 2. The van der Waals surface area contributed by atoms with Crippen LogP contribution in [0.1, 0.15) is 180 Å². The summed E-state index contributed by atoms with van der Waals surface area (Å²) in [5.74, 6) is -7.02. The van der Waals surface area contributed by atoms with E-state index in [0.717, 1.165) is 10.9 Å². The van der Waals surface area contributed by atoms with E-state index in [2.05, 4.69) is 36.9 Å². The van der Waals surface area contributed by atoms with Gasteiger partial charge in [-0.1, -0.05) is 62.4 Å². The molecule has 0 saturated carbocycles. The molecule has 598 valence electrons. The SMILES string of the molecule is COC(=O)[C@H](CC(C)C)NC(=O)[C@@H](Cc1cn(C(=O)OC(C)(C)C)c2ccccc12)NC(=O)[C@H](Cc1ccc(OC(C)(C)C)cc1)NC(=O)[C@H](COC(C)(C)C)NC(=O)[C@H](Cc1cn(C(=O)OC(C)(C)C)c2ccccc12)NC(=O)[C@H](Cc1cn(C(=O)OC(C)(C)C)cn1)NC(=O)[C@@H]1CCC(=O)N1C(=O)OC(C)(C)C. The van der Waals surface area contributed by atoms with E-state index < -0.39 is 167 Å². The Bertz CT molecular complexity index is 4360. The zero-order chi connectivity index (χ0) is 81.9. The summed E-state index contributed by atoms with van der Waals surface area (Å²) in [6.07, 6.45) is 0.0744. The monoisotopic (exact) mass is 1530 g/mol. The van der Waals surface area contributed by atoms with E-state index in [-0.39, 0.29) is 43.7 Å². The Morgan fingerprint density at radius 1 is 0.473 bits per heavy atom. The second-order valence-electron chi connectivity index (χ2n) is 33.7. The number of nitrogens with zero attached hydrogens (tertiary/aromatic N) is 5. The molecule has 110 heavy (non-hydrogen) atoms. The summed E-state index contributed by atoms with van der Waals surface area (Å²) in [5.41, 5.74) is -3.57. The van der Waals surface area contributed by atoms with Crippen molar-refractivity contribution in [2.24, 2.45) is 5.92 Å². The summed E-state index contributed by atoms with van der Waals surface area (Å²) >= 11 is 0. The van der Waals surface area contributed by atoms with Crippen molar-refractivity contribution in [2.45, 2.75) is 259 Å². The van der Waals surface area contributed by atoms with Crippen LogP contribution in [0.3, 0.4) is 0 Å². The van der Waals surface area contributed by atoms with Crippen molar-refractivity contribution in [3.8, 4) is 5.75 Å². The predicted octanol–water partition coefficient (Wildman–Crippen LogP) is 9.46. The minimum Gasteiger partial charge on any atom is -0.488 e. The highest BCUT2D eigenvalue weighted by Crippen LogP contribution is 2.29. The van der Waals surface area contributed by atoms with E-state index in [1.807, 2.05) is 34.6 Å². The van der Waals surface area contributed by atoms with Crippen LogP contribution in [0, 0.1) is 5.92 Å². The molecule has 1 aliphatic rings. The van der Waals surface area contributed by atoms with Gasteiger partial charge in [0.25, 0.3) is 0 Å². The van der Waals surface area contributed by atoms with Crippen LogP contribution in [0.25, 0.3) is 21.8 Å². The number of ether oxygens (including phenoxy) is 7. The zero-order valence-electron chi connectivity index (χ0n) is 67.0. The highest BCUT2D eigenvalue weighted by molar-refractivity contribution is 6.03. The average molecular weight is 1530 g/mol. The molecule has 7 rings (SSSR count). The molecule has 30 nitrogen and oxygen atoms in total. The number of imidazole rings is 1. The number of carbonyl (C=O) groups excluding carboxylic acids is 12. The number of benzene rings is 3. The summed E-state index contributed by atoms with van der Waals surface area (Å²) in [6.45, 7) is 33.6. The van der Waals surface area contributed by atoms with Crippen LogP contribution >= 0.6 is 0 Å². The fourth-order valence-electron chi connectivity index (χ4n) is 11.8. The molecule has 30 heteroatoms. The van der Waals surface area contributed by atoms with Gasteiger partial charge in [0.05, 0.1) is 36.0 Å². The van der Waals surface area contributed by atoms with Gasteiger partial charge in [-0.05, 0) is 184 Å². The van der Waals surface area contributed by atoms with Crippen molar-refractivity contribution >= 4 is 93.5 Å². The molecule has 1 saturated heterocycles. The molecule has 0 unspecified atom stereocenters. The molecule has 4 heterocycles. The Labute approximate surface area is 641 Å². The van der Waals surface area contributed by atoms with Crippen molar-refractivity contribution in [2.75, 3.05) is 13.7 Å². The van der Waals surface area contributed by atoms with Crippen LogP contribution in [-0.4, -0.2) is 185 Å². The van der Waals surface area contributed by atoms with Crippen LogP contribution in [0.5, 0.6) is 5.75 Å². The molecule has 7 atom stereocenters. The normalized spacial score (nSPS) is 15.3. The van der Waals surface area contributed by atoms with Crippen LogP contribution in [0.15, 0.2) is 97.7 Å². The number of aromatic nitrogens is 4. The van der Waals surface area contributed by atoms with Gasteiger partial charge in [-0.2, -0.15) is 0 Å². The summed E-state index contributed by atoms with van der Waals surface area (Å²) in [4.78, 5) is 179. The van der Waals surface area contributed by atoms with Crippen molar-refractivity contribution in [1.29, 1.82) is 0 Å². The fourth-order valence-corrected chi connectivity index (χ4v) is 11.8. The third kappa shape index (κ3) is 25.5. The summed E-state index contributed by atoms with van der Waals surface area (Å²) < 4.78 is 43.7. The van der Waals surface area contributed by atoms with Gasteiger partial charge in [0, 0.05) is 61.5 Å². The molecule has 0 aliphatic carbocycles. The smallest absolute Gasteiger partial charge is 0.419 e. The summed E-state index contributed by atoms with van der Waals surface area (Å²) in [7, 11) is 1.18. The first kappa shape index (κ1) is 86.6. The van der Waals surface area contributed by atoms with Crippen molar-refractivity contribution in [1.82, 2.24) is 55.5 Å². The van der Waals surface area contributed by atoms with E-state index >= 15 is 24.0 Å². The highest BCUT2D eigenvalue weighted by Gasteiger charge is 2.45. The third-order valence-corrected chi connectivity index (χ3v) is 16.5. The van der Waals surface area contributed by atoms with Gasteiger partial charge in [-0.3, -0.25) is 42.7 Å². The third-order valence-electron chi connectivity index (χ3n) is 16.5. The highest BCUT2D eigenvalue weighted by atomic mass is 16.6. The lowest BCUT2D eigenvalue weighted by Crippen LogP contribution is -2.61. The van der Waals surface area contributed by atoms with Gasteiger partial charge in [0.15, 0.2) is 0 Å². The first-order chi connectivity index (χ1) is 50.9. The van der Waals surface area contributed by atoms with Gasteiger partial charge >= 0.3 is 30.3 Å². The van der Waals surface area contributed by atoms with Gasteiger partial charge < -0.3 is 65.1 Å². The Morgan fingerprint density at radius 2 is 0.891 bits per heavy atom. The van der Waals surface area contributed by atoms with Crippen LogP contribution < -0.4 is 36.6 Å². The molecular formula is C80H109N11O19. The number of amides is 8. The van der Waals surface area contributed by atoms with E-state index in [9.17, 15) is 33.6 Å². The van der Waals surface area contributed by atoms with E-state index in [1.54, 1.807) is 177 Å². The zero-order valence-corrected chi connectivity index (χ0v) is 67.0. The number of nitrogens with one attached hydrogen (secondary N) is 6. The predicted molar refractivity (Wildman–Crippen MR) is 408 cm³/mol. The number of esters is 1. The average Bonchev–Trinajstić information content (AvgIpc) is 1.64. The Kier molecular flexibility index (Phi) is 27.8. The first-order valence-electron chi connectivity index (χ1n) is 36.7. The van der Waals surface area contributed by atoms with Crippen molar-refractivity contribution in [3.05, 3.63) is 120 Å². The molecule has 3 aromatic carbocycles. The molecule has 8 amide bonds. The quantitative estimate of drug-likeness (QED) is 0.0217. The molecule has 0 radical (unpaired) electrons. The number of fused-ring (bicyclic) bond motifs is 2. The Morgan fingerprint density at radius 3 is 1.34 bits per heavy atom. The first-order valence-corrected chi connectivity index (χ1v) is 36.7. The molecular weight excluding hydrogens is 1420 g/mol. The Hall–Kier alpha value is -10.6. The minimum atomic E-state index is -1.77. The number of carbonyl (C=O) groups is 12. The van der Waals surface area contributed by atoms with Gasteiger partial charge in [0.1, 0.15) is 82.4 Å². The number of methoxy groups -OCH3 is 1. The number of hydrogen-bond donors (Lipinski definition) is 6. The standard InChI is InChI=1S/C80H109N11O19/c1-46(2)36-58(70(99)104-21)86-65(94)55(38-48-41-89(72(101)108-78(12,13)14)60-28-24-22-26-52(48)60)83-64(93)54(37-47-30-32-51(33-31-47)106-76(6,7)8)82-68(97)59(44-105-75(3,4)5)87-66(95)56(39-49-42-90(73(102)109-79(15,16)17)61-29-25-23-27-53(49)61)84-67(96)57(40-50-43-88(45-81-50)71(100)107-77(9,10)11)85-69(98)62-34-35-63(92)91(62)74(103)110-80(18,19)20/h22-33,41-43,45-46,54-59,62H,34-40,44H2,1-21H3,(H,82,97)(H,83,93)(H,84,96)(H,85,98)(H,86,94)(H,87,95)/t54-,55+,56-,57-,58-,59-,62-/m0/s1. The minimum absolute atomic E-state index is 0.0438. The van der Waals surface area contributed by atoms with E-state index in [4.69, 9.17) is 33.2 Å². The van der Waals surface area contributed by atoms with Gasteiger partial charge in [0.2, 0.25) is 41.4 Å². The van der Waals surface area contributed by atoms with Gasteiger partial charge in [-0.15, -0.1) is 0 Å². The lowest BCUT2D eigenvalue weighted by molar-refractivity contribution is -0.146. The summed E-state index contributed by atoms with van der Waals surface area (Å²) in [6, 6.07) is 9.16. The van der Waals surface area contributed by atoms with E-state index in [1.165, 1.54) is 34.8 Å². The molecule has 1 fully saturated rings. The van der Waals surface area contributed by atoms with E-state index in [0.29, 0.717) is 49.1 Å². The fraction of sp³-hybridized carbons (Fsp3) is 0.537. The molecule has 0 bridgehead atoms. The molecule has 1 aliphatic heterocycles. The summed E-state index contributed by atoms with van der Waals surface area (Å²) in [5, 5.41) is 17.6. The van der Waals surface area contributed by atoms with Crippen molar-refractivity contribution < 1.29 is 90.7 Å². The molecule has 6 N–H and O–H groups in total. The maximum Gasteiger partial charge on any atom is 0.419 e. The molecule has 3 aromatic heterocycles. The maximum atomic E-state index is 15.8. The maximum absolute atomic E-state index is 15.8. The number of likely N-dealkylation sites (tertiary alicyclic amines) is 1. The number of hydrogen-bond acceptors (Lipinski definition) is 20.